The Bertz CT molecular complexity index is 4890. The van der Waals surface area contributed by atoms with Crippen LogP contribution < -0.4 is 0 Å². The molecule has 14 aromatic rings. The molecule has 15 heteroatoms. The second-order valence-corrected chi connectivity index (χ2v) is 19.1. The van der Waals surface area contributed by atoms with Crippen LogP contribution >= 0.6 is 0 Å². The molecular weight excluding hydrogens is 1010 g/mol. The Kier molecular flexibility index (Phi) is 9.94. The summed E-state index contributed by atoms with van der Waals surface area (Å²) in [6.07, 6.45) is -14.2. The molecule has 0 aliphatic carbocycles. The molecule has 0 bridgehead atoms. The summed E-state index contributed by atoms with van der Waals surface area (Å²) in [4.78, 5) is 5.75. The number of rotatable bonds is 5. The van der Waals surface area contributed by atoms with E-state index >= 15 is 0 Å². The lowest BCUT2D eigenvalue weighted by Gasteiger charge is -2.24. The van der Waals surface area contributed by atoms with E-state index in [1.54, 1.807) is 86.5 Å². The van der Waals surface area contributed by atoms with E-state index < -0.39 is 35.2 Å². The fourth-order valence-corrected chi connectivity index (χ4v) is 11.6. The molecule has 0 aliphatic heterocycles. The van der Waals surface area contributed by atoms with Crippen molar-refractivity contribution in [3.05, 3.63) is 222 Å². The number of pyridine rings is 1. The number of nitriles is 1. The number of para-hydroxylation sites is 6. The van der Waals surface area contributed by atoms with Crippen LogP contribution in [0.4, 0.5) is 39.5 Å². The standard InChI is InChI=1S/C63H33F9N6/c64-61(65,66)35-25-28-53-45(31-35)40-16-5-9-22-50(40)76(53)58-48(34-73)59(77-51-23-10-6-17-41(51)46-32-36(62(67,68)69)26-29-54(46)77)60(78-52-24-11-7-18-42(52)47-33-37(63(70,71)72)27-30-55(47)78)74-56(58)44-20-12-19-43-39-15-4-8-21-49(39)75(57(43)44)38-13-2-1-3-14-38/h1-33H. The van der Waals surface area contributed by atoms with Crippen molar-refractivity contribution in [2.75, 3.05) is 0 Å². The molecule has 14 rings (SSSR count). The SMILES string of the molecule is N#Cc1c(-n2c3ccccc3c3cc(C(F)(F)F)ccc32)c(-c2cccc3c4ccccc4n(-c4ccccc4)c23)nc(-n2c3ccccc3c3cc(C(F)(F)F)ccc32)c1-n1c2ccccc2c2cc(C(F)(F)F)ccc21. The highest BCUT2D eigenvalue weighted by atomic mass is 19.4. The average Bonchev–Trinajstić information content (AvgIpc) is 4.01. The summed E-state index contributed by atoms with van der Waals surface area (Å²) in [6, 6.07) is 55.9. The first-order valence-corrected chi connectivity index (χ1v) is 24.5. The van der Waals surface area contributed by atoms with Crippen molar-refractivity contribution in [2.24, 2.45) is 0 Å². The van der Waals surface area contributed by atoms with Crippen molar-refractivity contribution in [3.63, 3.8) is 0 Å². The van der Waals surface area contributed by atoms with E-state index in [0.29, 0.717) is 43.8 Å². The van der Waals surface area contributed by atoms with Crippen molar-refractivity contribution in [2.45, 2.75) is 18.5 Å². The Morgan fingerprint density at radius 3 is 1.18 bits per heavy atom. The first kappa shape index (κ1) is 46.7. The molecule has 5 heterocycles. The second kappa shape index (κ2) is 16.6. The van der Waals surface area contributed by atoms with Gasteiger partial charge in [-0.25, -0.2) is 4.98 Å². The molecule has 0 unspecified atom stereocenters. The second-order valence-electron chi connectivity index (χ2n) is 19.1. The van der Waals surface area contributed by atoms with Crippen LogP contribution in [0.25, 0.3) is 121 Å². The van der Waals surface area contributed by atoms with Crippen LogP contribution in [0, 0.1) is 11.3 Å². The van der Waals surface area contributed by atoms with Crippen molar-refractivity contribution in [3.8, 4) is 40.2 Å². The number of alkyl halides is 9. The van der Waals surface area contributed by atoms with Gasteiger partial charge in [0.1, 0.15) is 23.0 Å². The van der Waals surface area contributed by atoms with Crippen LogP contribution in [0.15, 0.2) is 200 Å². The van der Waals surface area contributed by atoms with Gasteiger partial charge in [-0.3, -0.25) is 4.57 Å². The zero-order valence-electron chi connectivity index (χ0n) is 40.1. The largest absolute Gasteiger partial charge is 0.416 e. The molecule has 5 aromatic heterocycles. The van der Waals surface area contributed by atoms with Gasteiger partial charge in [0, 0.05) is 54.3 Å². The molecule has 6 nitrogen and oxygen atoms in total. The molecule has 0 aliphatic rings. The first-order chi connectivity index (χ1) is 37.6. The molecule has 0 fully saturated rings. The highest BCUT2D eigenvalue weighted by Gasteiger charge is 2.37. The van der Waals surface area contributed by atoms with Crippen LogP contribution in [-0.4, -0.2) is 23.3 Å². The van der Waals surface area contributed by atoms with Crippen molar-refractivity contribution in [1.29, 1.82) is 5.26 Å². The zero-order chi connectivity index (χ0) is 53.6. The van der Waals surface area contributed by atoms with Gasteiger partial charge in [-0.1, -0.05) is 109 Å². The highest BCUT2D eigenvalue weighted by molar-refractivity contribution is 6.17. The van der Waals surface area contributed by atoms with Gasteiger partial charge in [-0.05, 0) is 91.0 Å². The van der Waals surface area contributed by atoms with Gasteiger partial charge in [0.15, 0.2) is 5.82 Å². The van der Waals surface area contributed by atoms with E-state index in [1.807, 2.05) is 72.8 Å². The Morgan fingerprint density at radius 2 is 0.718 bits per heavy atom. The van der Waals surface area contributed by atoms with Crippen molar-refractivity contribution in [1.82, 2.24) is 23.3 Å². The van der Waals surface area contributed by atoms with Crippen LogP contribution in [0.5, 0.6) is 0 Å². The molecule has 0 saturated heterocycles. The number of hydrogen-bond acceptors (Lipinski definition) is 2. The quantitative estimate of drug-likeness (QED) is 0.161. The monoisotopic (exact) mass is 1040 g/mol. The third-order valence-electron chi connectivity index (χ3n) is 14.9. The van der Waals surface area contributed by atoms with Gasteiger partial charge in [-0.2, -0.15) is 44.8 Å². The summed E-state index contributed by atoms with van der Waals surface area (Å²) in [6.45, 7) is 0. The maximum absolute atomic E-state index is 14.7. The number of benzene rings is 9. The van der Waals surface area contributed by atoms with Gasteiger partial charge in [-0.15, -0.1) is 0 Å². The lowest BCUT2D eigenvalue weighted by atomic mass is 10.0. The van der Waals surface area contributed by atoms with Crippen LogP contribution in [-0.2, 0) is 18.5 Å². The Hall–Kier alpha value is -9.81. The van der Waals surface area contributed by atoms with E-state index in [0.717, 1.165) is 58.4 Å². The summed E-state index contributed by atoms with van der Waals surface area (Å²) < 4.78 is 139. The maximum Gasteiger partial charge on any atom is 0.416 e. The lowest BCUT2D eigenvalue weighted by Crippen LogP contribution is -2.14. The summed E-state index contributed by atoms with van der Waals surface area (Å²) in [7, 11) is 0. The first-order valence-electron chi connectivity index (χ1n) is 24.5. The molecule has 9 aromatic carbocycles. The smallest absolute Gasteiger partial charge is 0.309 e. The molecule has 0 saturated carbocycles. The third-order valence-corrected chi connectivity index (χ3v) is 14.9. The van der Waals surface area contributed by atoms with Gasteiger partial charge < -0.3 is 13.7 Å². The van der Waals surface area contributed by atoms with Gasteiger partial charge in [0.25, 0.3) is 0 Å². The Morgan fingerprint density at radius 1 is 0.346 bits per heavy atom. The number of halogens is 9. The van der Waals surface area contributed by atoms with E-state index in [9.17, 15) is 44.8 Å². The normalized spacial score (nSPS) is 12.7. The molecule has 0 atom stereocenters. The van der Waals surface area contributed by atoms with Gasteiger partial charge in [0.05, 0.1) is 66.5 Å². The Balaban J connectivity index is 1.26. The number of fused-ring (bicyclic) bond motifs is 12. The van der Waals surface area contributed by atoms with Crippen LogP contribution in [0.3, 0.4) is 0 Å². The molecule has 378 valence electrons. The minimum atomic E-state index is -4.75. The summed E-state index contributed by atoms with van der Waals surface area (Å²) in [5, 5.41) is 15.8. The van der Waals surface area contributed by atoms with Crippen molar-refractivity contribution >= 4 is 87.2 Å². The van der Waals surface area contributed by atoms with E-state index in [4.69, 9.17) is 4.98 Å². The topological polar surface area (TPSA) is 56.4 Å². The zero-order valence-corrected chi connectivity index (χ0v) is 40.1. The van der Waals surface area contributed by atoms with Crippen LogP contribution in [0.2, 0.25) is 0 Å². The fraction of sp³-hybridized carbons (Fsp3) is 0.0476. The van der Waals surface area contributed by atoms with Gasteiger partial charge >= 0.3 is 18.5 Å². The fourth-order valence-electron chi connectivity index (χ4n) is 11.6. The molecule has 0 spiro atoms. The predicted molar refractivity (Wildman–Crippen MR) is 287 cm³/mol. The highest BCUT2D eigenvalue weighted by Crippen LogP contribution is 2.49. The minimum absolute atomic E-state index is 0.0123. The minimum Gasteiger partial charge on any atom is -0.309 e. The van der Waals surface area contributed by atoms with Crippen molar-refractivity contribution < 1.29 is 39.5 Å². The van der Waals surface area contributed by atoms with E-state index in [1.165, 1.54) is 18.2 Å². The molecule has 0 amide bonds. The Labute approximate surface area is 434 Å². The lowest BCUT2D eigenvalue weighted by molar-refractivity contribution is -0.138. The van der Waals surface area contributed by atoms with E-state index in [2.05, 4.69) is 10.6 Å². The maximum atomic E-state index is 14.7. The van der Waals surface area contributed by atoms with E-state index in [-0.39, 0.29) is 61.2 Å². The number of hydrogen-bond donors (Lipinski definition) is 0. The number of aromatic nitrogens is 5. The molecule has 0 radical (unpaired) electrons. The molecule has 78 heavy (non-hydrogen) atoms. The molecular formula is C63H33F9N6. The average molecular weight is 1040 g/mol. The summed E-state index contributed by atoms with van der Waals surface area (Å²) in [5.41, 5.74) is 1.98. The third kappa shape index (κ3) is 6.81. The molecule has 0 N–H and O–H groups in total. The van der Waals surface area contributed by atoms with Gasteiger partial charge in [0.2, 0.25) is 0 Å². The summed E-state index contributed by atoms with van der Waals surface area (Å²) >= 11 is 0. The predicted octanol–water partition coefficient (Wildman–Crippen LogP) is 18.1. The van der Waals surface area contributed by atoms with Crippen LogP contribution in [0.1, 0.15) is 22.3 Å². The number of nitrogens with zero attached hydrogens (tertiary/aromatic N) is 6. The summed E-state index contributed by atoms with van der Waals surface area (Å²) in [5.74, 6) is 0.0123.